The van der Waals surface area contributed by atoms with Crippen molar-refractivity contribution < 1.29 is 14.4 Å². The second-order valence-electron chi connectivity index (χ2n) is 3.73. The molecule has 5 heteroatoms. The zero-order chi connectivity index (χ0) is 11.1. The molecule has 1 fully saturated rings. The van der Waals surface area contributed by atoms with E-state index >= 15 is 0 Å². The van der Waals surface area contributed by atoms with Crippen molar-refractivity contribution in [3.63, 3.8) is 0 Å². The largest absolute Gasteiger partial charge is 0.461 e. The Morgan fingerprint density at radius 2 is 2.06 bits per heavy atom. The van der Waals surface area contributed by atoms with Gasteiger partial charge in [0, 0.05) is 10.0 Å². The predicted molar refractivity (Wildman–Crippen MR) is 60.0 cm³/mol. The second-order valence-corrected chi connectivity index (χ2v) is 4.65. The molecular weight excluding hydrogens is 274 g/mol. The van der Waals surface area contributed by atoms with Crippen molar-refractivity contribution in [2.24, 2.45) is 11.1 Å². The first kappa shape index (κ1) is 9.84. The molecule has 0 aliphatic carbocycles. The van der Waals surface area contributed by atoms with Crippen molar-refractivity contribution in [2.75, 3.05) is 6.61 Å². The van der Waals surface area contributed by atoms with Gasteiger partial charge in [-0.3, -0.25) is 4.79 Å². The Hall–Kier alpha value is -1.36. The van der Waals surface area contributed by atoms with Crippen molar-refractivity contribution in [3.8, 4) is 0 Å². The van der Waals surface area contributed by atoms with E-state index in [0.29, 0.717) is 12.3 Å². The van der Waals surface area contributed by atoms with Gasteiger partial charge in [-0.05, 0) is 12.1 Å². The third-order valence-electron chi connectivity index (χ3n) is 2.74. The van der Waals surface area contributed by atoms with Gasteiger partial charge in [0.15, 0.2) is 6.10 Å². The molecule has 16 heavy (non-hydrogen) atoms. The molecule has 82 valence electrons. The van der Waals surface area contributed by atoms with Crippen molar-refractivity contribution >= 4 is 27.6 Å². The van der Waals surface area contributed by atoms with E-state index in [1.165, 1.54) is 0 Å². The molecule has 0 radical (unpaired) electrons. The van der Waals surface area contributed by atoms with Crippen LogP contribution in [0.25, 0.3) is 0 Å². The highest BCUT2D eigenvalue weighted by Gasteiger charge is 2.47. The number of hydrogen-bond acceptors (Lipinski definition) is 4. The molecule has 3 rings (SSSR count). The van der Waals surface area contributed by atoms with E-state index in [2.05, 4.69) is 21.1 Å². The Morgan fingerprint density at radius 3 is 2.81 bits per heavy atom. The summed E-state index contributed by atoms with van der Waals surface area (Å²) in [7, 11) is 0. The summed E-state index contributed by atoms with van der Waals surface area (Å²) >= 11 is 3.36. The number of oxime groups is 1. The fourth-order valence-corrected chi connectivity index (χ4v) is 2.18. The van der Waals surface area contributed by atoms with Crippen LogP contribution in [0.2, 0.25) is 0 Å². The number of cyclic esters (lactones) is 1. The maximum atomic E-state index is 11.5. The summed E-state index contributed by atoms with van der Waals surface area (Å²) in [5, 5.41) is 3.97. The lowest BCUT2D eigenvalue weighted by molar-refractivity contribution is -0.139. The standard InChI is InChI=1S/C11H8BrNO3/c12-7-3-1-6(2-4-7)10-9-8(16-13-10)5-15-11(9)14/h1-4,8-9H,5H2/t8-,9+/m0/s1. The van der Waals surface area contributed by atoms with E-state index in [0.717, 1.165) is 10.0 Å². The minimum Gasteiger partial charge on any atom is -0.461 e. The zero-order valence-electron chi connectivity index (χ0n) is 8.22. The first-order valence-corrected chi connectivity index (χ1v) is 5.71. The Morgan fingerprint density at radius 1 is 1.31 bits per heavy atom. The molecular formula is C11H8BrNO3. The number of ether oxygens (including phenoxy) is 1. The molecule has 0 N–H and O–H groups in total. The molecule has 0 saturated carbocycles. The van der Waals surface area contributed by atoms with Gasteiger partial charge in [-0.25, -0.2) is 0 Å². The van der Waals surface area contributed by atoms with Crippen LogP contribution in [0.3, 0.4) is 0 Å². The average Bonchev–Trinajstić information content (AvgIpc) is 2.84. The summed E-state index contributed by atoms with van der Waals surface area (Å²) in [6.07, 6.45) is -0.244. The van der Waals surface area contributed by atoms with E-state index in [1.54, 1.807) is 0 Å². The molecule has 0 aromatic heterocycles. The van der Waals surface area contributed by atoms with E-state index in [1.807, 2.05) is 24.3 Å². The fourth-order valence-electron chi connectivity index (χ4n) is 1.92. The highest BCUT2D eigenvalue weighted by atomic mass is 79.9. The Labute approximate surface area is 100 Å². The molecule has 2 aliphatic heterocycles. The lowest BCUT2D eigenvalue weighted by Gasteiger charge is -2.04. The first-order valence-electron chi connectivity index (χ1n) is 4.92. The molecule has 2 aliphatic rings. The van der Waals surface area contributed by atoms with E-state index in [-0.39, 0.29) is 18.0 Å². The van der Waals surface area contributed by atoms with Gasteiger partial charge in [-0.15, -0.1) is 0 Å². The van der Waals surface area contributed by atoms with E-state index in [9.17, 15) is 4.79 Å². The maximum Gasteiger partial charge on any atom is 0.319 e. The Kier molecular flexibility index (Phi) is 2.21. The van der Waals surface area contributed by atoms with Crippen LogP contribution < -0.4 is 0 Å². The van der Waals surface area contributed by atoms with E-state index < -0.39 is 0 Å². The molecule has 0 bridgehead atoms. The van der Waals surface area contributed by atoms with Crippen molar-refractivity contribution in [1.29, 1.82) is 0 Å². The van der Waals surface area contributed by atoms with Crippen LogP contribution in [0.5, 0.6) is 0 Å². The van der Waals surface area contributed by atoms with Gasteiger partial charge >= 0.3 is 5.97 Å². The minimum absolute atomic E-state index is 0.244. The molecule has 1 aromatic rings. The highest BCUT2D eigenvalue weighted by Crippen LogP contribution is 2.29. The lowest BCUT2D eigenvalue weighted by Crippen LogP contribution is -2.24. The zero-order valence-corrected chi connectivity index (χ0v) is 9.81. The normalized spacial score (nSPS) is 27.1. The smallest absolute Gasteiger partial charge is 0.319 e. The molecule has 0 spiro atoms. The first-order chi connectivity index (χ1) is 7.75. The monoisotopic (exact) mass is 281 g/mol. The summed E-state index contributed by atoms with van der Waals surface area (Å²) in [6.45, 7) is 0.299. The van der Waals surface area contributed by atoms with Crippen molar-refractivity contribution in [1.82, 2.24) is 0 Å². The number of hydrogen-bond donors (Lipinski definition) is 0. The summed E-state index contributed by atoms with van der Waals surface area (Å²) in [5.74, 6) is -0.606. The number of benzene rings is 1. The topological polar surface area (TPSA) is 47.9 Å². The van der Waals surface area contributed by atoms with Gasteiger partial charge in [-0.1, -0.05) is 33.2 Å². The molecule has 4 nitrogen and oxygen atoms in total. The molecule has 1 saturated heterocycles. The summed E-state index contributed by atoms with van der Waals surface area (Å²) < 4.78 is 5.93. The van der Waals surface area contributed by atoms with Gasteiger partial charge in [0.25, 0.3) is 0 Å². The number of halogens is 1. The van der Waals surface area contributed by atoms with Crippen LogP contribution in [0.4, 0.5) is 0 Å². The van der Waals surface area contributed by atoms with Crippen LogP contribution in [0.1, 0.15) is 5.56 Å². The number of rotatable bonds is 1. The Bertz CT molecular complexity index is 469. The van der Waals surface area contributed by atoms with Gasteiger partial charge in [0.1, 0.15) is 18.2 Å². The molecule has 2 atom stereocenters. The van der Waals surface area contributed by atoms with Crippen LogP contribution in [0.15, 0.2) is 33.9 Å². The summed E-state index contributed by atoms with van der Waals surface area (Å²) in [4.78, 5) is 16.7. The van der Waals surface area contributed by atoms with Crippen LogP contribution in [-0.2, 0) is 14.4 Å². The summed E-state index contributed by atoms with van der Waals surface area (Å²) in [5.41, 5.74) is 1.56. The van der Waals surface area contributed by atoms with Gasteiger partial charge in [0.05, 0.1) is 0 Å². The highest BCUT2D eigenvalue weighted by molar-refractivity contribution is 9.10. The number of carbonyl (C=O) groups excluding carboxylic acids is 1. The Balaban J connectivity index is 1.96. The third kappa shape index (κ3) is 1.43. The molecule has 0 unspecified atom stereocenters. The van der Waals surface area contributed by atoms with Crippen LogP contribution in [-0.4, -0.2) is 24.4 Å². The van der Waals surface area contributed by atoms with Crippen molar-refractivity contribution in [2.45, 2.75) is 6.10 Å². The SMILES string of the molecule is O=C1OC[C@@H]2ON=C(c3ccc(Br)cc3)[C@H]12. The van der Waals surface area contributed by atoms with Gasteiger partial charge in [-0.2, -0.15) is 0 Å². The predicted octanol–water partition coefficient (Wildman–Crippen LogP) is 1.73. The summed E-state index contributed by atoms with van der Waals surface area (Å²) in [6, 6.07) is 7.62. The lowest BCUT2D eigenvalue weighted by atomic mass is 9.94. The van der Waals surface area contributed by atoms with E-state index in [4.69, 9.17) is 9.57 Å². The fraction of sp³-hybridized carbons (Fsp3) is 0.273. The third-order valence-corrected chi connectivity index (χ3v) is 3.27. The quantitative estimate of drug-likeness (QED) is 0.737. The number of esters is 1. The van der Waals surface area contributed by atoms with Crippen LogP contribution >= 0.6 is 15.9 Å². The van der Waals surface area contributed by atoms with Crippen molar-refractivity contribution in [3.05, 3.63) is 34.3 Å². The molecule has 2 heterocycles. The number of carbonyl (C=O) groups is 1. The second kappa shape index (κ2) is 3.59. The van der Waals surface area contributed by atoms with Gasteiger partial charge < -0.3 is 9.57 Å². The maximum absolute atomic E-state index is 11.5. The van der Waals surface area contributed by atoms with Crippen LogP contribution in [0, 0.1) is 5.92 Å². The average molecular weight is 282 g/mol. The van der Waals surface area contributed by atoms with Gasteiger partial charge in [0.2, 0.25) is 0 Å². The molecule has 0 amide bonds. The molecule has 1 aromatic carbocycles. The number of fused-ring (bicyclic) bond motifs is 1. The minimum atomic E-state index is -0.360. The number of nitrogens with zero attached hydrogens (tertiary/aromatic N) is 1.